The predicted molar refractivity (Wildman–Crippen MR) is 71.7 cm³/mol. The van der Waals surface area contributed by atoms with Gasteiger partial charge in [0, 0.05) is 11.7 Å². The molecule has 1 fully saturated rings. The molecule has 0 radical (unpaired) electrons. The Hall–Kier alpha value is -0.690. The van der Waals surface area contributed by atoms with Gasteiger partial charge in [0.15, 0.2) is 0 Å². The molecule has 17 heavy (non-hydrogen) atoms. The van der Waals surface area contributed by atoms with E-state index < -0.39 is 0 Å². The van der Waals surface area contributed by atoms with Gasteiger partial charge in [0.1, 0.15) is 6.04 Å². The molecule has 0 aliphatic heterocycles. The average molecular weight is 254 g/mol. The smallest absolute Gasteiger partial charge is 0.224 e. The summed E-state index contributed by atoms with van der Waals surface area (Å²) in [5.41, 5.74) is 0. The Kier molecular flexibility index (Phi) is 6.43. The second-order valence-electron chi connectivity index (χ2n) is 4.87. The van der Waals surface area contributed by atoms with Crippen LogP contribution in [0.3, 0.4) is 0 Å². The summed E-state index contributed by atoms with van der Waals surface area (Å²) in [6.07, 6.45) is 7.81. The number of hydrogen-bond acceptors (Lipinski definition) is 3. The largest absolute Gasteiger partial charge is 0.340 e. The quantitative estimate of drug-likeness (QED) is 0.820. The van der Waals surface area contributed by atoms with Gasteiger partial charge in [-0.2, -0.15) is 17.0 Å². The summed E-state index contributed by atoms with van der Waals surface area (Å²) in [5, 5.41) is 12.1. The van der Waals surface area contributed by atoms with E-state index in [0.717, 1.165) is 18.6 Å². The van der Waals surface area contributed by atoms with Crippen LogP contribution in [0, 0.1) is 23.2 Å². The van der Waals surface area contributed by atoms with Crippen LogP contribution in [-0.4, -0.2) is 24.0 Å². The predicted octanol–water partition coefficient (Wildman–Crippen LogP) is 2.57. The van der Waals surface area contributed by atoms with Crippen LogP contribution in [0.1, 0.15) is 39.0 Å². The van der Waals surface area contributed by atoms with Crippen molar-refractivity contribution >= 4 is 17.7 Å². The van der Waals surface area contributed by atoms with Crippen LogP contribution in [0.15, 0.2) is 0 Å². The van der Waals surface area contributed by atoms with Crippen molar-refractivity contribution in [2.45, 2.75) is 45.1 Å². The van der Waals surface area contributed by atoms with Crippen LogP contribution in [0.2, 0.25) is 0 Å². The van der Waals surface area contributed by atoms with Crippen LogP contribution in [0.25, 0.3) is 0 Å². The average Bonchev–Trinajstić information content (AvgIpc) is 2.37. The van der Waals surface area contributed by atoms with E-state index in [0.29, 0.717) is 5.92 Å². The summed E-state index contributed by atoms with van der Waals surface area (Å²) in [7, 11) is 0. The summed E-state index contributed by atoms with van der Waals surface area (Å²) in [6.45, 7) is 1.92. The highest BCUT2D eigenvalue weighted by atomic mass is 32.2. The first-order valence-corrected chi connectivity index (χ1v) is 7.77. The summed E-state index contributed by atoms with van der Waals surface area (Å²) in [4.78, 5) is 11.9. The highest BCUT2D eigenvalue weighted by molar-refractivity contribution is 7.98. The Balaban J connectivity index is 2.45. The lowest BCUT2D eigenvalue weighted by Crippen LogP contribution is -2.42. The number of carbonyl (C=O) groups excluding carboxylic acids is 1. The topological polar surface area (TPSA) is 52.9 Å². The summed E-state index contributed by atoms with van der Waals surface area (Å²) < 4.78 is 0. The molecule has 0 aromatic carbocycles. The molecule has 1 N–H and O–H groups in total. The summed E-state index contributed by atoms with van der Waals surface area (Å²) in [6, 6.07) is 1.98. The van der Waals surface area contributed by atoms with Crippen molar-refractivity contribution in [2.75, 3.05) is 12.0 Å². The van der Waals surface area contributed by atoms with E-state index in [4.69, 9.17) is 5.26 Å². The van der Waals surface area contributed by atoms with Gasteiger partial charge in [-0.05, 0) is 25.0 Å². The molecule has 2 atom stereocenters. The fourth-order valence-corrected chi connectivity index (χ4v) is 3.00. The highest BCUT2D eigenvalue weighted by Crippen LogP contribution is 2.26. The zero-order valence-electron chi connectivity index (χ0n) is 10.7. The van der Waals surface area contributed by atoms with Crippen molar-refractivity contribution < 1.29 is 4.79 Å². The molecule has 0 saturated heterocycles. The third kappa shape index (κ3) is 4.59. The third-order valence-electron chi connectivity index (χ3n) is 3.42. The van der Waals surface area contributed by atoms with E-state index in [1.807, 2.05) is 13.2 Å². The molecule has 0 heterocycles. The molecular weight excluding hydrogens is 232 g/mol. The van der Waals surface area contributed by atoms with Crippen LogP contribution in [0.5, 0.6) is 0 Å². The number of carbonyl (C=O) groups is 1. The van der Waals surface area contributed by atoms with Crippen molar-refractivity contribution in [3.63, 3.8) is 0 Å². The van der Waals surface area contributed by atoms with Gasteiger partial charge in [0.05, 0.1) is 6.07 Å². The zero-order chi connectivity index (χ0) is 12.7. The minimum atomic E-state index is -0.285. The highest BCUT2D eigenvalue weighted by Gasteiger charge is 2.26. The standard InChI is InChI=1S/C13H22N2OS/c1-10(9-17-2)13(16)15-12(8-14)11-6-4-3-5-7-11/h10-12H,3-7,9H2,1-2H3,(H,15,16)/t10-,12-/m0/s1. The van der Waals surface area contributed by atoms with E-state index in [9.17, 15) is 4.79 Å². The second-order valence-corrected chi connectivity index (χ2v) is 5.78. The molecule has 1 amide bonds. The lowest BCUT2D eigenvalue weighted by Gasteiger charge is -2.27. The van der Waals surface area contributed by atoms with Crippen LogP contribution >= 0.6 is 11.8 Å². The molecule has 1 saturated carbocycles. The molecule has 1 rings (SSSR count). The minimum Gasteiger partial charge on any atom is -0.340 e. The van der Waals surface area contributed by atoms with Gasteiger partial charge in [0.2, 0.25) is 5.91 Å². The molecule has 0 aromatic heterocycles. The number of hydrogen-bond donors (Lipinski definition) is 1. The monoisotopic (exact) mass is 254 g/mol. The van der Waals surface area contributed by atoms with E-state index >= 15 is 0 Å². The van der Waals surface area contributed by atoms with Gasteiger partial charge < -0.3 is 5.32 Å². The minimum absolute atomic E-state index is 0.00978. The fraction of sp³-hybridized carbons (Fsp3) is 0.846. The molecular formula is C13H22N2OS. The van der Waals surface area contributed by atoms with Gasteiger partial charge in [-0.15, -0.1) is 0 Å². The molecule has 1 aliphatic rings. The number of nitrogens with zero attached hydrogens (tertiary/aromatic N) is 1. The number of amides is 1. The van der Waals surface area contributed by atoms with Gasteiger partial charge >= 0.3 is 0 Å². The van der Waals surface area contributed by atoms with Crippen molar-refractivity contribution in [2.24, 2.45) is 11.8 Å². The molecule has 4 heteroatoms. The first kappa shape index (κ1) is 14.4. The Labute approximate surface area is 108 Å². The number of thioether (sulfide) groups is 1. The molecule has 1 aliphatic carbocycles. The number of rotatable bonds is 5. The lowest BCUT2D eigenvalue weighted by molar-refractivity contribution is -0.124. The van der Waals surface area contributed by atoms with Crippen molar-refractivity contribution in [1.82, 2.24) is 5.32 Å². The molecule has 0 bridgehead atoms. The van der Waals surface area contributed by atoms with Crippen LogP contribution in [-0.2, 0) is 4.79 Å². The second kappa shape index (κ2) is 7.60. The maximum absolute atomic E-state index is 11.9. The van der Waals surface area contributed by atoms with Crippen molar-refractivity contribution in [1.29, 1.82) is 5.26 Å². The SMILES string of the molecule is CSC[C@H](C)C(=O)N[C@@H](C#N)C1CCCCC1. The maximum atomic E-state index is 11.9. The van der Waals surface area contributed by atoms with Crippen molar-refractivity contribution in [3.05, 3.63) is 0 Å². The Bertz CT molecular complexity index is 282. The van der Waals surface area contributed by atoms with Gasteiger partial charge in [-0.3, -0.25) is 4.79 Å². The van der Waals surface area contributed by atoms with Gasteiger partial charge in [-0.1, -0.05) is 26.2 Å². The Morgan fingerprint density at radius 1 is 1.47 bits per heavy atom. The molecule has 0 spiro atoms. The first-order valence-electron chi connectivity index (χ1n) is 6.38. The fourth-order valence-electron chi connectivity index (χ4n) is 2.34. The number of nitriles is 1. The molecule has 96 valence electrons. The zero-order valence-corrected chi connectivity index (χ0v) is 11.6. The van der Waals surface area contributed by atoms with Gasteiger partial charge in [-0.25, -0.2) is 0 Å². The lowest BCUT2D eigenvalue weighted by atomic mass is 9.84. The van der Waals surface area contributed by atoms with E-state index in [1.165, 1.54) is 19.3 Å². The van der Waals surface area contributed by atoms with Crippen molar-refractivity contribution in [3.8, 4) is 6.07 Å². The Morgan fingerprint density at radius 3 is 2.65 bits per heavy atom. The first-order chi connectivity index (χ1) is 8.19. The van der Waals surface area contributed by atoms with E-state index in [1.54, 1.807) is 11.8 Å². The van der Waals surface area contributed by atoms with E-state index in [-0.39, 0.29) is 17.9 Å². The van der Waals surface area contributed by atoms with Gasteiger partial charge in [0.25, 0.3) is 0 Å². The number of nitrogens with one attached hydrogen (secondary N) is 1. The molecule has 0 aromatic rings. The van der Waals surface area contributed by atoms with Crippen LogP contribution in [0.4, 0.5) is 0 Å². The molecule has 0 unspecified atom stereocenters. The van der Waals surface area contributed by atoms with Crippen LogP contribution < -0.4 is 5.32 Å². The Morgan fingerprint density at radius 2 is 2.12 bits per heavy atom. The normalized spacial score (nSPS) is 20.3. The summed E-state index contributed by atoms with van der Waals surface area (Å²) >= 11 is 1.66. The van der Waals surface area contributed by atoms with E-state index in [2.05, 4.69) is 11.4 Å². The molecule has 3 nitrogen and oxygen atoms in total. The maximum Gasteiger partial charge on any atom is 0.224 e. The summed E-state index contributed by atoms with van der Waals surface area (Å²) in [5.74, 6) is 1.19. The third-order valence-corrected chi connectivity index (χ3v) is 4.26.